The Morgan fingerprint density at radius 1 is 1.16 bits per heavy atom. The number of benzene rings is 1. The molecule has 2 unspecified atom stereocenters. The van der Waals surface area contributed by atoms with Gasteiger partial charge in [-0.2, -0.15) is 0 Å². The zero-order chi connectivity index (χ0) is 13.5. The highest BCUT2D eigenvalue weighted by atomic mass is 16.5. The van der Waals surface area contributed by atoms with E-state index in [1.165, 1.54) is 5.56 Å². The van der Waals surface area contributed by atoms with Gasteiger partial charge in [-0.15, -0.1) is 0 Å². The van der Waals surface area contributed by atoms with Gasteiger partial charge in [-0.05, 0) is 29.7 Å². The number of nitrogens with zero attached hydrogens (tertiary/aromatic N) is 1. The van der Waals surface area contributed by atoms with Gasteiger partial charge in [0.1, 0.15) is 0 Å². The lowest BCUT2D eigenvalue weighted by molar-refractivity contribution is 0.0678. The number of pyridine rings is 1. The minimum atomic E-state index is -0.0839. The lowest BCUT2D eigenvalue weighted by Crippen LogP contribution is -2.42. The first kappa shape index (κ1) is 13.7. The van der Waals surface area contributed by atoms with Crippen molar-refractivity contribution in [1.82, 2.24) is 10.4 Å². The second kappa shape index (κ2) is 6.99. The van der Waals surface area contributed by atoms with Crippen molar-refractivity contribution in [1.29, 1.82) is 0 Å². The smallest absolute Gasteiger partial charge is 0.0990 e. The Morgan fingerprint density at radius 2 is 1.84 bits per heavy atom. The van der Waals surface area contributed by atoms with Gasteiger partial charge in [0.15, 0.2) is 0 Å². The second-order valence-electron chi connectivity index (χ2n) is 4.40. The molecule has 0 aliphatic heterocycles. The van der Waals surface area contributed by atoms with E-state index in [9.17, 15) is 0 Å². The highest BCUT2D eigenvalue weighted by molar-refractivity contribution is 5.21. The molecule has 2 rings (SSSR count). The quantitative estimate of drug-likeness (QED) is 0.612. The van der Waals surface area contributed by atoms with Crippen molar-refractivity contribution in [3.8, 4) is 0 Å². The Bertz CT molecular complexity index is 475. The summed E-state index contributed by atoms with van der Waals surface area (Å²) >= 11 is 0. The van der Waals surface area contributed by atoms with Crippen molar-refractivity contribution in [2.45, 2.75) is 18.6 Å². The Hall–Kier alpha value is -1.75. The first-order valence-electron chi connectivity index (χ1n) is 6.28. The van der Waals surface area contributed by atoms with Gasteiger partial charge in [0.25, 0.3) is 0 Å². The fourth-order valence-corrected chi connectivity index (χ4v) is 2.20. The Labute approximate surface area is 113 Å². The van der Waals surface area contributed by atoms with E-state index in [2.05, 4.69) is 10.4 Å². The van der Waals surface area contributed by atoms with Crippen LogP contribution < -0.4 is 11.3 Å². The maximum Gasteiger partial charge on any atom is 0.0990 e. The van der Waals surface area contributed by atoms with Gasteiger partial charge >= 0.3 is 0 Å². The van der Waals surface area contributed by atoms with Crippen LogP contribution in [0.25, 0.3) is 0 Å². The SMILES string of the molecule is COC(c1ccccc1)C(Cc1ccncc1)NN. The average molecular weight is 257 g/mol. The third kappa shape index (κ3) is 3.61. The maximum absolute atomic E-state index is 5.69. The van der Waals surface area contributed by atoms with Gasteiger partial charge < -0.3 is 4.74 Å². The number of methoxy groups -OCH3 is 1. The molecule has 0 saturated heterocycles. The summed E-state index contributed by atoms with van der Waals surface area (Å²) in [6.45, 7) is 0. The zero-order valence-electron chi connectivity index (χ0n) is 11.0. The molecule has 4 heteroatoms. The molecule has 1 heterocycles. The Kier molecular flexibility index (Phi) is 5.03. The first-order chi connectivity index (χ1) is 9.35. The number of nitrogens with two attached hydrogens (primary N) is 1. The minimum Gasteiger partial charge on any atom is -0.375 e. The average Bonchev–Trinajstić information content (AvgIpc) is 2.49. The summed E-state index contributed by atoms with van der Waals surface area (Å²) in [5.41, 5.74) is 5.14. The van der Waals surface area contributed by atoms with Crippen LogP contribution in [0.1, 0.15) is 17.2 Å². The van der Waals surface area contributed by atoms with Crippen molar-refractivity contribution < 1.29 is 4.74 Å². The van der Waals surface area contributed by atoms with Crippen LogP contribution in [0.5, 0.6) is 0 Å². The number of rotatable bonds is 6. The molecule has 2 aromatic rings. The fourth-order valence-electron chi connectivity index (χ4n) is 2.20. The normalized spacial score (nSPS) is 14.0. The number of aromatic nitrogens is 1. The van der Waals surface area contributed by atoms with Crippen molar-refractivity contribution in [2.24, 2.45) is 5.84 Å². The largest absolute Gasteiger partial charge is 0.375 e. The zero-order valence-corrected chi connectivity index (χ0v) is 11.0. The number of hydrazine groups is 1. The molecular formula is C15H19N3O. The van der Waals surface area contributed by atoms with Crippen molar-refractivity contribution in [3.05, 3.63) is 66.0 Å². The van der Waals surface area contributed by atoms with Crippen LogP contribution in [0, 0.1) is 0 Å². The molecular weight excluding hydrogens is 238 g/mol. The summed E-state index contributed by atoms with van der Waals surface area (Å²) in [5, 5.41) is 0. The summed E-state index contributed by atoms with van der Waals surface area (Å²) in [7, 11) is 1.70. The van der Waals surface area contributed by atoms with Crippen molar-refractivity contribution in [3.63, 3.8) is 0 Å². The fraction of sp³-hybridized carbons (Fsp3) is 0.267. The van der Waals surface area contributed by atoms with Crippen LogP contribution in [0.3, 0.4) is 0 Å². The number of ether oxygens (including phenoxy) is 1. The third-order valence-electron chi connectivity index (χ3n) is 3.17. The molecule has 0 amide bonds. The molecule has 0 aliphatic carbocycles. The second-order valence-corrected chi connectivity index (χ2v) is 4.40. The van der Waals surface area contributed by atoms with Crippen molar-refractivity contribution in [2.75, 3.05) is 7.11 Å². The molecule has 4 nitrogen and oxygen atoms in total. The molecule has 2 atom stereocenters. The molecule has 19 heavy (non-hydrogen) atoms. The van der Waals surface area contributed by atoms with E-state index >= 15 is 0 Å². The molecule has 1 aromatic heterocycles. The summed E-state index contributed by atoms with van der Waals surface area (Å²) in [6, 6.07) is 14.1. The molecule has 100 valence electrons. The molecule has 3 N–H and O–H groups in total. The Morgan fingerprint density at radius 3 is 2.42 bits per heavy atom. The van der Waals surface area contributed by atoms with Gasteiger partial charge in [0.05, 0.1) is 12.1 Å². The van der Waals surface area contributed by atoms with E-state index in [0.29, 0.717) is 0 Å². The van der Waals surface area contributed by atoms with Gasteiger partial charge in [0.2, 0.25) is 0 Å². The minimum absolute atomic E-state index is 0.00907. The molecule has 0 fully saturated rings. The van der Waals surface area contributed by atoms with Gasteiger partial charge in [-0.1, -0.05) is 30.3 Å². The van der Waals surface area contributed by atoms with Crippen LogP contribution in [0.2, 0.25) is 0 Å². The third-order valence-corrected chi connectivity index (χ3v) is 3.17. The van der Waals surface area contributed by atoms with Gasteiger partial charge in [-0.25, -0.2) is 0 Å². The monoisotopic (exact) mass is 257 g/mol. The van der Waals surface area contributed by atoms with Gasteiger partial charge in [0, 0.05) is 19.5 Å². The number of hydrogen-bond acceptors (Lipinski definition) is 4. The molecule has 0 aliphatic rings. The highest BCUT2D eigenvalue weighted by Gasteiger charge is 2.22. The predicted octanol–water partition coefficient (Wildman–Crippen LogP) is 1.84. The van der Waals surface area contributed by atoms with Crippen LogP contribution in [-0.2, 0) is 11.2 Å². The van der Waals surface area contributed by atoms with E-state index < -0.39 is 0 Å². The van der Waals surface area contributed by atoms with Gasteiger partial charge in [-0.3, -0.25) is 16.3 Å². The van der Waals surface area contributed by atoms with E-state index in [1.807, 2.05) is 42.5 Å². The lowest BCUT2D eigenvalue weighted by atomic mass is 9.97. The number of nitrogens with one attached hydrogen (secondary N) is 1. The lowest BCUT2D eigenvalue weighted by Gasteiger charge is -2.26. The van der Waals surface area contributed by atoms with Crippen LogP contribution >= 0.6 is 0 Å². The van der Waals surface area contributed by atoms with E-state index in [0.717, 1.165) is 12.0 Å². The summed E-state index contributed by atoms with van der Waals surface area (Å²) in [4.78, 5) is 4.02. The van der Waals surface area contributed by atoms with Crippen molar-refractivity contribution >= 4 is 0 Å². The predicted molar refractivity (Wildman–Crippen MR) is 75.2 cm³/mol. The van der Waals surface area contributed by atoms with Crippen LogP contribution in [0.4, 0.5) is 0 Å². The van der Waals surface area contributed by atoms with E-state index in [-0.39, 0.29) is 12.1 Å². The molecule has 0 saturated carbocycles. The Balaban J connectivity index is 2.15. The number of hydrogen-bond donors (Lipinski definition) is 2. The topological polar surface area (TPSA) is 60.2 Å². The molecule has 0 bridgehead atoms. The summed E-state index contributed by atoms with van der Waals surface area (Å²) < 4.78 is 5.60. The first-order valence-corrected chi connectivity index (χ1v) is 6.28. The van der Waals surface area contributed by atoms with E-state index in [4.69, 9.17) is 10.6 Å². The highest BCUT2D eigenvalue weighted by Crippen LogP contribution is 2.22. The standard InChI is InChI=1S/C15H19N3O/c1-19-15(13-5-3-2-4-6-13)14(18-16)11-12-7-9-17-10-8-12/h2-10,14-15,18H,11,16H2,1H3. The van der Waals surface area contributed by atoms with Crippen LogP contribution in [0.15, 0.2) is 54.9 Å². The molecule has 0 spiro atoms. The summed E-state index contributed by atoms with van der Waals surface area (Å²) in [5.74, 6) is 5.69. The molecule has 1 aromatic carbocycles. The molecule has 0 radical (unpaired) electrons. The van der Waals surface area contributed by atoms with E-state index in [1.54, 1.807) is 19.5 Å². The maximum atomic E-state index is 5.69. The van der Waals surface area contributed by atoms with Crippen LogP contribution in [-0.4, -0.2) is 18.1 Å². The summed E-state index contributed by atoms with van der Waals surface area (Å²) in [6.07, 6.45) is 4.27.